The Balaban J connectivity index is 0.00000141. The number of hydrogen-bond acceptors (Lipinski definition) is 3. The summed E-state index contributed by atoms with van der Waals surface area (Å²) in [6.45, 7) is 16.1. The van der Waals surface area contributed by atoms with Crippen molar-refractivity contribution in [3.8, 4) is 0 Å². The van der Waals surface area contributed by atoms with Crippen LogP contribution < -0.4 is 0 Å². The zero-order valence-electron chi connectivity index (χ0n) is 38.3. The fraction of sp³-hybridized carbons (Fsp3) is 0.769. The van der Waals surface area contributed by atoms with Gasteiger partial charge in [-0.05, 0) is 69.9 Å². The average Bonchev–Trinajstić information content (AvgIpc) is 3.15. The molecule has 0 amide bonds. The van der Waals surface area contributed by atoms with Crippen molar-refractivity contribution < 1.29 is 19.4 Å². The maximum absolute atomic E-state index is 12.0. The third kappa shape index (κ3) is 34.9. The molecular formula is C52H92O4. The molecule has 0 saturated carbocycles. The third-order valence-electron chi connectivity index (χ3n) is 11.4. The molecule has 324 valence electrons. The molecule has 0 atom stereocenters. The number of allylic oxidation sites excluding steroid dienone is 9. The number of carbonyl (C=O) groups excluding carboxylic acids is 1. The van der Waals surface area contributed by atoms with E-state index in [1.54, 1.807) is 0 Å². The van der Waals surface area contributed by atoms with Gasteiger partial charge in [0.1, 0.15) is 6.61 Å². The molecule has 0 saturated heterocycles. The van der Waals surface area contributed by atoms with Gasteiger partial charge in [-0.3, -0.25) is 9.59 Å². The van der Waals surface area contributed by atoms with Crippen molar-refractivity contribution in [2.24, 2.45) is 5.41 Å². The van der Waals surface area contributed by atoms with Gasteiger partial charge in [-0.1, -0.05) is 229 Å². The van der Waals surface area contributed by atoms with E-state index in [0.717, 1.165) is 31.3 Å². The Labute approximate surface area is 348 Å². The highest BCUT2D eigenvalue weighted by Crippen LogP contribution is 2.40. The molecule has 4 heteroatoms. The Bertz CT molecular complexity index is 1120. The molecule has 0 aromatic carbocycles. The van der Waals surface area contributed by atoms with Crippen LogP contribution >= 0.6 is 0 Å². The number of unbranched alkanes of at least 4 members (excludes halogenated alkanes) is 24. The van der Waals surface area contributed by atoms with Gasteiger partial charge in [0.15, 0.2) is 0 Å². The molecule has 0 unspecified atom stereocenters. The lowest BCUT2D eigenvalue weighted by atomic mass is 9.72. The Hall–Kier alpha value is -2.36. The maximum atomic E-state index is 12.0. The lowest BCUT2D eigenvalue weighted by Crippen LogP contribution is -2.19. The Kier molecular flexibility index (Phi) is 36.6. The highest BCUT2D eigenvalue weighted by molar-refractivity contribution is 5.69. The number of carboxylic acids is 1. The van der Waals surface area contributed by atoms with Gasteiger partial charge in [-0.25, -0.2) is 0 Å². The van der Waals surface area contributed by atoms with E-state index < -0.39 is 5.97 Å². The van der Waals surface area contributed by atoms with E-state index in [2.05, 4.69) is 78.8 Å². The number of carboxylic acid groups (broad SMARTS) is 1. The summed E-state index contributed by atoms with van der Waals surface area (Å²) >= 11 is 0. The van der Waals surface area contributed by atoms with E-state index >= 15 is 0 Å². The molecule has 0 aromatic heterocycles. The average molecular weight is 781 g/mol. The van der Waals surface area contributed by atoms with Crippen molar-refractivity contribution >= 4 is 11.9 Å². The van der Waals surface area contributed by atoms with Crippen LogP contribution in [0.5, 0.6) is 0 Å². The van der Waals surface area contributed by atoms with Crippen molar-refractivity contribution in [1.82, 2.24) is 0 Å². The number of aliphatic carboxylic acids is 1. The SMILES string of the molecule is CCCCCCCCCCCCCCCC(=O)O.CCCCCCCCCCCCCCCC(=O)OC/C=C(C)/C=C/C=C(C)/C=C/C1=C(C)CCCC1(C)C. The highest BCUT2D eigenvalue weighted by Gasteiger charge is 2.26. The van der Waals surface area contributed by atoms with Crippen LogP contribution in [0.4, 0.5) is 0 Å². The molecule has 1 rings (SSSR count). The molecular weight excluding hydrogens is 689 g/mol. The molecule has 1 aliphatic carbocycles. The van der Waals surface area contributed by atoms with Gasteiger partial charge in [0.25, 0.3) is 0 Å². The molecule has 0 aliphatic heterocycles. The summed E-state index contributed by atoms with van der Waals surface area (Å²) in [4.78, 5) is 22.3. The van der Waals surface area contributed by atoms with E-state index in [0.29, 0.717) is 19.4 Å². The first-order valence-electron chi connectivity index (χ1n) is 23.8. The molecule has 0 fully saturated rings. The number of rotatable bonds is 34. The van der Waals surface area contributed by atoms with Crippen molar-refractivity contribution in [3.05, 3.63) is 58.7 Å². The smallest absolute Gasteiger partial charge is 0.306 e. The van der Waals surface area contributed by atoms with Gasteiger partial charge in [0, 0.05) is 12.8 Å². The summed E-state index contributed by atoms with van der Waals surface area (Å²) in [5.41, 5.74) is 5.65. The molecule has 4 nitrogen and oxygen atoms in total. The van der Waals surface area contributed by atoms with Gasteiger partial charge in [0.2, 0.25) is 0 Å². The van der Waals surface area contributed by atoms with E-state index in [1.165, 1.54) is 177 Å². The molecule has 0 heterocycles. The van der Waals surface area contributed by atoms with Crippen molar-refractivity contribution in [2.45, 2.75) is 248 Å². The number of esters is 1. The molecule has 1 N–H and O–H groups in total. The lowest BCUT2D eigenvalue weighted by Gasteiger charge is -2.32. The van der Waals surface area contributed by atoms with E-state index in [1.807, 2.05) is 6.08 Å². The number of hydrogen-bond donors (Lipinski definition) is 1. The predicted octanol–water partition coefficient (Wildman–Crippen LogP) is 17.1. The Morgan fingerprint density at radius 1 is 0.625 bits per heavy atom. The summed E-state index contributed by atoms with van der Waals surface area (Å²) in [6.07, 6.45) is 51.5. The van der Waals surface area contributed by atoms with E-state index in [9.17, 15) is 9.59 Å². The molecule has 0 radical (unpaired) electrons. The van der Waals surface area contributed by atoms with E-state index in [4.69, 9.17) is 9.84 Å². The maximum Gasteiger partial charge on any atom is 0.306 e. The summed E-state index contributed by atoms with van der Waals surface area (Å²) in [5.74, 6) is -0.727. The summed E-state index contributed by atoms with van der Waals surface area (Å²) in [5, 5.41) is 8.49. The normalized spacial score (nSPS) is 14.8. The van der Waals surface area contributed by atoms with Crippen LogP contribution in [-0.4, -0.2) is 23.7 Å². The van der Waals surface area contributed by atoms with Crippen LogP contribution in [0, 0.1) is 5.41 Å². The van der Waals surface area contributed by atoms with Crippen LogP contribution in [0.3, 0.4) is 0 Å². The van der Waals surface area contributed by atoms with Crippen LogP contribution in [0.15, 0.2) is 58.7 Å². The first-order chi connectivity index (χ1) is 27.0. The zero-order valence-corrected chi connectivity index (χ0v) is 38.3. The predicted molar refractivity (Wildman–Crippen MR) is 245 cm³/mol. The minimum atomic E-state index is -0.655. The first-order valence-corrected chi connectivity index (χ1v) is 23.8. The minimum Gasteiger partial charge on any atom is -0.481 e. The fourth-order valence-electron chi connectivity index (χ4n) is 7.62. The van der Waals surface area contributed by atoms with Crippen LogP contribution in [0.2, 0.25) is 0 Å². The highest BCUT2D eigenvalue weighted by atomic mass is 16.5. The lowest BCUT2D eigenvalue weighted by molar-refractivity contribution is -0.142. The van der Waals surface area contributed by atoms with Crippen molar-refractivity contribution in [3.63, 3.8) is 0 Å². The van der Waals surface area contributed by atoms with Crippen LogP contribution in [-0.2, 0) is 14.3 Å². The van der Waals surface area contributed by atoms with Gasteiger partial charge >= 0.3 is 11.9 Å². The van der Waals surface area contributed by atoms with Gasteiger partial charge < -0.3 is 9.84 Å². The third-order valence-corrected chi connectivity index (χ3v) is 11.4. The van der Waals surface area contributed by atoms with Crippen LogP contribution in [0.25, 0.3) is 0 Å². The second-order valence-corrected chi connectivity index (χ2v) is 17.5. The molecule has 0 spiro atoms. The fourth-order valence-corrected chi connectivity index (χ4v) is 7.62. The molecule has 0 bridgehead atoms. The van der Waals surface area contributed by atoms with Crippen molar-refractivity contribution in [1.29, 1.82) is 0 Å². The topological polar surface area (TPSA) is 63.6 Å². The van der Waals surface area contributed by atoms with Crippen molar-refractivity contribution in [2.75, 3.05) is 6.61 Å². The first kappa shape index (κ1) is 53.6. The summed E-state index contributed by atoms with van der Waals surface area (Å²) < 4.78 is 5.40. The number of carbonyl (C=O) groups is 2. The number of ether oxygens (including phenoxy) is 1. The second kappa shape index (κ2) is 38.2. The monoisotopic (exact) mass is 781 g/mol. The zero-order chi connectivity index (χ0) is 41.5. The Morgan fingerprint density at radius 2 is 1.05 bits per heavy atom. The van der Waals surface area contributed by atoms with E-state index in [-0.39, 0.29) is 11.4 Å². The molecule has 56 heavy (non-hydrogen) atoms. The second-order valence-electron chi connectivity index (χ2n) is 17.5. The molecule has 1 aliphatic rings. The van der Waals surface area contributed by atoms with Gasteiger partial charge in [-0.2, -0.15) is 0 Å². The summed E-state index contributed by atoms with van der Waals surface area (Å²) in [6, 6.07) is 0. The quantitative estimate of drug-likeness (QED) is 0.0401. The minimum absolute atomic E-state index is 0.0720. The Morgan fingerprint density at radius 3 is 1.48 bits per heavy atom. The van der Waals surface area contributed by atoms with Crippen LogP contribution in [0.1, 0.15) is 248 Å². The largest absolute Gasteiger partial charge is 0.481 e. The summed E-state index contributed by atoms with van der Waals surface area (Å²) in [7, 11) is 0. The molecule has 0 aromatic rings. The van der Waals surface area contributed by atoms with Gasteiger partial charge in [0.05, 0.1) is 0 Å². The standard InChI is InChI=1S/C36H60O2.C16H32O2/c1-7-8-9-10-11-12-13-14-15-16-17-18-19-25-35(37)38-30-28-32(3)23-20-22-31(2)26-27-34-33(4)24-21-29-36(34,5)6;1-2-3-4-5-6-7-8-9-10-11-12-13-14-15-16(17)18/h20,22-23,26-28H,7-19,21,24-25,29-30H2,1-6H3;2-15H2,1H3,(H,17,18)/b23-20+,27-26+,31-22+,32-28+;. The van der Waals surface area contributed by atoms with Gasteiger partial charge in [-0.15, -0.1) is 0 Å².